The standard InChI is InChI=1S/C9H17ClO/c1-2-3-8-11-9-6-4-5-7-10/h2-3H,4-9H2,1H3. The Kier molecular flexibility index (Phi) is 9.98. The lowest BCUT2D eigenvalue weighted by Gasteiger charge is -1.99. The molecule has 0 fully saturated rings. The number of hydrogen-bond donors (Lipinski definition) is 0. The monoisotopic (exact) mass is 176 g/mol. The van der Waals surface area contributed by atoms with Crippen LogP contribution >= 0.6 is 11.6 Å². The van der Waals surface area contributed by atoms with Crippen LogP contribution in [0, 0.1) is 0 Å². The van der Waals surface area contributed by atoms with Crippen molar-refractivity contribution in [2.75, 3.05) is 19.1 Å². The normalized spacial score (nSPS) is 11.1. The predicted molar refractivity (Wildman–Crippen MR) is 50.2 cm³/mol. The lowest BCUT2D eigenvalue weighted by molar-refractivity contribution is 0.157. The van der Waals surface area contributed by atoms with Crippen LogP contribution in [0.5, 0.6) is 0 Å². The van der Waals surface area contributed by atoms with Crippen molar-refractivity contribution in [3.05, 3.63) is 12.2 Å². The van der Waals surface area contributed by atoms with Gasteiger partial charge in [0.1, 0.15) is 0 Å². The van der Waals surface area contributed by atoms with Crippen LogP contribution in [0.25, 0.3) is 0 Å². The van der Waals surface area contributed by atoms with Crippen LogP contribution in [0.2, 0.25) is 0 Å². The van der Waals surface area contributed by atoms with Crippen LogP contribution in [-0.2, 0) is 4.74 Å². The molecular formula is C9H17ClO. The highest BCUT2D eigenvalue weighted by Gasteiger charge is 1.86. The Balaban J connectivity index is 2.79. The zero-order valence-electron chi connectivity index (χ0n) is 7.18. The highest BCUT2D eigenvalue weighted by Crippen LogP contribution is 1.97. The molecule has 0 rings (SSSR count). The van der Waals surface area contributed by atoms with Gasteiger partial charge in [0.15, 0.2) is 0 Å². The molecule has 0 aromatic rings. The average Bonchev–Trinajstić information content (AvgIpc) is 2.03. The number of rotatable bonds is 7. The molecule has 0 bridgehead atoms. The van der Waals surface area contributed by atoms with Crippen LogP contribution < -0.4 is 0 Å². The smallest absolute Gasteiger partial charge is 0.0647 e. The molecule has 0 aliphatic heterocycles. The van der Waals surface area contributed by atoms with E-state index in [2.05, 4.69) is 0 Å². The van der Waals surface area contributed by atoms with Crippen molar-refractivity contribution in [1.82, 2.24) is 0 Å². The fourth-order valence-electron chi connectivity index (χ4n) is 0.723. The zero-order valence-corrected chi connectivity index (χ0v) is 7.94. The van der Waals surface area contributed by atoms with Crippen LogP contribution in [0.4, 0.5) is 0 Å². The molecule has 11 heavy (non-hydrogen) atoms. The minimum absolute atomic E-state index is 0.747. The summed E-state index contributed by atoms with van der Waals surface area (Å²) in [7, 11) is 0. The van der Waals surface area contributed by atoms with E-state index in [4.69, 9.17) is 16.3 Å². The van der Waals surface area contributed by atoms with Crippen molar-refractivity contribution in [1.29, 1.82) is 0 Å². The molecule has 1 nitrogen and oxygen atoms in total. The van der Waals surface area contributed by atoms with Gasteiger partial charge in [0, 0.05) is 12.5 Å². The van der Waals surface area contributed by atoms with Gasteiger partial charge in [-0.15, -0.1) is 11.6 Å². The van der Waals surface area contributed by atoms with Crippen molar-refractivity contribution < 1.29 is 4.74 Å². The Morgan fingerprint density at radius 2 is 2.09 bits per heavy atom. The average molecular weight is 177 g/mol. The van der Waals surface area contributed by atoms with Gasteiger partial charge >= 0.3 is 0 Å². The first-order chi connectivity index (χ1) is 5.41. The second-order valence-corrected chi connectivity index (χ2v) is 2.77. The molecule has 0 radical (unpaired) electrons. The SMILES string of the molecule is CC=CCOCCCCCCl. The van der Waals surface area contributed by atoms with E-state index >= 15 is 0 Å². The first kappa shape index (κ1) is 11.0. The van der Waals surface area contributed by atoms with E-state index in [1.54, 1.807) is 0 Å². The summed E-state index contributed by atoms with van der Waals surface area (Å²) in [5.41, 5.74) is 0. The Bertz CT molecular complexity index is 91.6. The number of alkyl halides is 1. The molecule has 0 N–H and O–H groups in total. The van der Waals surface area contributed by atoms with Crippen molar-refractivity contribution in [2.45, 2.75) is 26.2 Å². The Labute approximate surface area is 74.4 Å². The third-order valence-corrected chi connectivity index (χ3v) is 1.64. The quantitative estimate of drug-likeness (QED) is 0.329. The van der Waals surface area contributed by atoms with Gasteiger partial charge in [0.05, 0.1) is 6.61 Å². The summed E-state index contributed by atoms with van der Waals surface area (Å²) in [6.07, 6.45) is 7.43. The van der Waals surface area contributed by atoms with Gasteiger partial charge in [-0.1, -0.05) is 12.2 Å². The van der Waals surface area contributed by atoms with Crippen molar-refractivity contribution in [3.8, 4) is 0 Å². The van der Waals surface area contributed by atoms with E-state index in [-0.39, 0.29) is 0 Å². The van der Waals surface area contributed by atoms with E-state index < -0.39 is 0 Å². The Morgan fingerprint density at radius 1 is 1.27 bits per heavy atom. The minimum Gasteiger partial charge on any atom is -0.377 e. The van der Waals surface area contributed by atoms with Gasteiger partial charge in [-0.05, 0) is 26.2 Å². The maximum atomic E-state index is 5.51. The van der Waals surface area contributed by atoms with Gasteiger partial charge in [0.2, 0.25) is 0 Å². The van der Waals surface area contributed by atoms with Gasteiger partial charge in [-0.2, -0.15) is 0 Å². The summed E-state index contributed by atoms with van der Waals surface area (Å²) in [6.45, 7) is 3.61. The molecule has 0 aliphatic rings. The van der Waals surface area contributed by atoms with E-state index in [1.807, 2.05) is 19.1 Å². The summed E-state index contributed by atoms with van der Waals surface area (Å²) in [4.78, 5) is 0. The maximum absolute atomic E-state index is 5.51. The summed E-state index contributed by atoms with van der Waals surface area (Å²) in [5.74, 6) is 0.773. The van der Waals surface area contributed by atoms with Crippen molar-refractivity contribution in [2.24, 2.45) is 0 Å². The molecule has 0 amide bonds. The third-order valence-electron chi connectivity index (χ3n) is 1.37. The topological polar surface area (TPSA) is 9.23 Å². The number of ether oxygens (including phenoxy) is 1. The second-order valence-electron chi connectivity index (χ2n) is 2.39. The molecule has 0 aliphatic carbocycles. The van der Waals surface area contributed by atoms with Crippen LogP contribution in [0.15, 0.2) is 12.2 Å². The predicted octanol–water partition coefficient (Wildman–Crippen LogP) is 2.99. The maximum Gasteiger partial charge on any atom is 0.0647 e. The van der Waals surface area contributed by atoms with E-state index in [1.165, 1.54) is 6.42 Å². The molecule has 0 unspecified atom stereocenters. The van der Waals surface area contributed by atoms with Crippen molar-refractivity contribution in [3.63, 3.8) is 0 Å². The number of hydrogen-bond acceptors (Lipinski definition) is 1. The van der Waals surface area contributed by atoms with Gasteiger partial charge < -0.3 is 4.74 Å². The highest BCUT2D eigenvalue weighted by atomic mass is 35.5. The van der Waals surface area contributed by atoms with Gasteiger partial charge in [-0.25, -0.2) is 0 Å². The fourth-order valence-corrected chi connectivity index (χ4v) is 0.912. The number of unbranched alkanes of at least 4 members (excludes halogenated alkanes) is 2. The van der Waals surface area contributed by atoms with E-state index in [0.717, 1.165) is 31.9 Å². The van der Waals surface area contributed by atoms with E-state index in [0.29, 0.717) is 0 Å². The Morgan fingerprint density at radius 3 is 2.73 bits per heavy atom. The Hall–Kier alpha value is -0.0100. The van der Waals surface area contributed by atoms with Gasteiger partial charge in [-0.3, -0.25) is 0 Å². The molecule has 66 valence electrons. The molecule has 0 aromatic carbocycles. The van der Waals surface area contributed by atoms with Crippen molar-refractivity contribution >= 4 is 11.6 Å². The first-order valence-corrected chi connectivity index (χ1v) is 4.70. The number of halogens is 1. The molecular weight excluding hydrogens is 160 g/mol. The first-order valence-electron chi connectivity index (χ1n) is 4.16. The largest absolute Gasteiger partial charge is 0.377 e. The highest BCUT2D eigenvalue weighted by molar-refractivity contribution is 6.17. The molecule has 0 saturated heterocycles. The molecule has 0 spiro atoms. The van der Waals surface area contributed by atoms with Crippen LogP contribution in [0.1, 0.15) is 26.2 Å². The molecule has 0 aromatic heterocycles. The third kappa shape index (κ3) is 9.99. The minimum atomic E-state index is 0.747. The lowest BCUT2D eigenvalue weighted by atomic mass is 10.3. The number of allylic oxidation sites excluding steroid dienone is 1. The lowest BCUT2D eigenvalue weighted by Crippen LogP contribution is -1.94. The molecule has 0 atom stereocenters. The molecule has 0 saturated carbocycles. The van der Waals surface area contributed by atoms with Gasteiger partial charge in [0.25, 0.3) is 0 Å². The second kappa shape index (κ2) is 9.99. The molecule has 2 heteroatoms. The fraction of sp³-hybridized carbons (Fsp3) is 0.778. The van der Waals surface area contributed by atoms with Crippen LogP contribution in [0.3, 0.4) is 0 Å². The summed E-state index contributed by atoms with van der Waals surface area (Å²) < 4.78 is 5.29. The molecule has 0 heterocycles. The van der Waals surface area contributed by atoms with E-state index in [9.17, 15) is 0 Å². The summed E-state index contributed by atoms with van der Waals surface area (Å²) >= 11 is 5.51. The summed E-state index contributed by atoms with van der Waals surface area (Å²) in [5, 5.41) is 0. The summed E-state index contributed by atoms with van der Waals surface area (Å²) in [6, 6.07) is 0. The van der Waals surface area contributed by atoms with Crippen LogP contribution in [-0.4, -0.2) is 19.1 Å². The zero-order chi connectivity index (χ0) is 8.36.